The summed E-state index contributed by atoms with van der Waals surface area (Å²) >= 11 is 0. The highest BCUT2D eigenvalue weighted by molar-refractivity contribution is 5.80. The monoisotopic (exact) mass is 282 g/mol. The molecule has 1 atom stereocenters. The van der Waals surface area contributed by atoms with E-state index in [1.165, 1.54) is 12.8 Å². The molecule has 0 aromatic rings. The van der Waals surface area contributed by atoms with Crippen LogP contribution in [-0.4, -0.2) is 48.2 Å². The molecule has 1 saturated heterocycles. The highest BCUT2D eigenvalue weighted by atomic mass is 16.4. The van der Waals surface area contributed by atoms with Crippen LogP contribution in [0.1, 0.15) is 46.5 Å². The second kappa shape index (κ2) is 5.64. The SMILES string of the molecule is CNC(CN1CCC(C(C)(C)C)CC1)(C(=O)O)C1CC1. The van der Waals surface area contributed by atoms with Gasteiger partial charge in [0, 0.05) is 6.54 Å². The van der Waals surface area contributed by atoms with Gasteiger partial charge in [-0.1, -0.05) is 20.8 Å². The number of likely N-dealkylation sites (N-methyl/N-ethyl adjacent to an activating group) is 1. The Hall–Kier alpha value is -0.610. The van der Waals surface area contributed by atoms with Gasteiger partial charge in [-0.25, -0.2) is 0 Å². The van der Waals surface area contributed by atoms with E-state index in [0.29, 0.717) is 17.9 Å². The lowest BCUT2D eigenvalue weighted by molar-refractivity contribution is -0.147. The number of likely N-dealkylation sites (tertiary alicyclic amines) is 1. The molecule has 0 amide bonds. The fraction of sp³-hybridized carbons (Fsp3) is 0.938. The van der Waals surface area contributed by atoms with Gasteiger partial charge in [0.1, 0.15) is 5.54 Å². The van der Waals surface area contributed by atoms with Crippen LogP contribution in [-0.2, 0) is 4.79 Å². The molecule has 2 aliphatic rings. The molecule has 1 aliphatic heterocycles. The molecule has 20 heavy (non-hydrogen) atoms. The standard InChI is InChI=1S/C16H30N2O2/c1-15(2,3)12-7-9-18(10-8-12)11-16(17-4,14(19)20)13-5-6-13/h12-13,17H,5-11H2,1-4H3,(H,19,20). The first kappa shape index (κ1) is 15.8. The Morgan fingerprint density at radius 3 is 2.05 bits per heavy atom. The third-order valence-electron chi connectivity index (χ3n) is 5.39. The number of carbonyl (C=O) groups is 1. The van der Waals surface area contributed by atoms with Crippen molar-refractivity contribution in [2.45, 2.75) is 52.0 Å². The van der Waals surface area contributed by atoms with E-state index in [9.17, 15) is 9.90 Å². The molecule has 0 spiro atoms. The zero-order valence-corrected chi connectivity index (χ0v) is 13.4. The van der Waals surface area contributed by atoms with Crippen molar-refractivity contribution < 1.29 is 9.90 Å². The molecule has 0 radical (unpaired) electrons. The normalized spacial score (nSPS) is 25.4. The van der Waals surface area contributed by atoms with Crippen LogP contribution in [0.2, 0.25) is 0 Å². The van der Waals surface area contributed by atoms with E-state index in [1.54, 1.807) is 7.05 Å². The van der Waals surface area contributed by atoms with Crippen molar-refractivity contribution in [3.63, 3.8) is 0 Å². The Morgan fingerprint density at radius 1 is 1.15 bits per heavy atom. The first-order valence-corrected chi connectivity index (χ1v) is 7.94. The molecule has 2 rings (SSSR count). The molecular weight excluding hydrogens is 252 g/mol. The fourth-order valence-corrected chi connectivity index (χ4v) is 3.65. The maximum atomic E-state index is 11.7. The van der Waals surface area contributed by atoms with Crippen LogP contribution >= 0.6 is 0 Å². The first-order valence-electron chi connectivity index (χ1n) is 7.94. The number of carboxylic acids is 1. The van der Waals surface area contributed by atoms with Gasteiger partial charge in [0.15, 0.2) is 0 Å². The Labute approximate surface area is 122 Å². The lowest BCUT2D eigenvalue weighted by Crippen LogP contribution is -2.60. The predicted octanol–water partition coefficient (Wildman–Crippen LogP) is 2.20. The van der Waals surface area contributed by atoms with E-state index >= 15 is 0 Å². The summed E-state index contributed by atoms with van der Waals surface area (Å²) in [6, 6.07) is 0. The van der Waals surface area contributed by atoms with E-state index in [-0.39, 0.29) is 0 Å². The third-order valence-corrected chi connectivity index (χ3v) is 5.39. The number of carboxylic acid groups (broad SMARTS) is 1. The molecule has 0 aromatic carbocycles. The molecule has 1 unspecified atom stereocenters. The van der Waals surface area contributed by atoms with Crippen molar-refractivity contribution >= 4 is 5.97 Å². The number of piperidine rings is 1. The number of nitrogens with zero attached hydrogens (tertiary/aromatic N) is 1. The number of hydrogen-bond acceptors (Lipinski definition) is 3. The number of nitrogens with one attached hydrogen (secondary N) is 1. The zero-order valence-electron chi connectivity index (χ0n) is 13.4. The van der Waals surface area contributed by atoms with Crippen molar-refractivity contribution in [3.8, 4) is 0 Å². The van der Waals surface area contributed by atoms with Crippen LogP contribution in [0.3, 0.4) is 0 Å². The van der Waals surface area contributed by atoms with Crippen LogP contribution in [0, 0.1) is 17.3 Å². The minimum atomic E-state index is -0.728. The van der Waals surface area contributed by atoms with Gasteiger partial charge in [-0.05, 0) is 63.1 Å². The molecule has 0 aromatic heterocycles. The summed E-state index contributed by atoms with van der Waals surface area (Å²) in [6.07, 6.45) is 4.47. The molecule has 1 aliphatic carbocycles. The van der Waals surface area contributed by atoms with Crippen LogP contribution in [0.25, 0.3) is 0 Å². The van der Waals surface area contributed by atoms with Gasteiger partial charge in [-0.15, -0.1) is 0 Å². The Kier molecular flexibility index (Phi) is 4.45. The van der Waals surface area contributed by atoms with Gasteiger partial charge in [-0.2, -0.15) is 0 Å². The molecular formula is C16H30N2O2. The Morgan fingerprint density at radius 2 is 1.70 bits per heavy atom. The average Bonchev–Trinajstić information content (AvgIpc) is 3.19. The number of hydrogen-bond donors (Lipinski definition) is 2. The molecule has 0 bridgehead atoms. The molecule has 2 N–H and O–H groups in total. The van der Waals surface area contributed by atoms with Gasteiger partial charge >= 0.3 is 5.97 Å². The van der Waals surface area contributed by atoms with E-state index in [1.807, 2.05) is 0 Å². The Bertz CT molecular complexity index is 352. The maximum Gasteiger partial charge on any atom is 0.325 e. The fourth-order valence-electron chi connectivity index (χ4n) is 3.65. The molecule has 1 saturated carbocycles. The minimum absolute atomic E-state index is 0.310. The third kappa shape index (κ3) is 3.17. The second-order valence-corrected chi connectivity index (χ2v) is 7.72. The van der Waals surface area contributed by atoms with Crippen LogP contribution in [0.4, 0.5) is 0 Å². The first-order chi connectivity index (χ1) is 9.29. The van der Waals surface area contributed by atoms with Crippen LogP contribution in [0.15, 0.2) is 0 Å². The average molecular weight is 282 g/mol. The van der Waals surface area contributed by atoms with Gasteiger partial charge in [0.05, 0.1) is 0 Å². The van der Waals surface area contributed by atoms with E-state index in [4.69, 9.17) is 0 Å². The molecule has 4 heteroatoms. The summed E-state index contributed by atoms with van der Waals surface area (Å²) in [5.41, 5.74) is -0.357. The largest absolute Gasteiger partial charge is 0.480 e. The summed E-state index contributed by atoms with van der Waals surface area (Å²) in [5, 5.41) is 12.8. The van der Waals surface area contributed by atoms with E-state index in [2.05, 4.69) is 31.0 Å². The van der Waals surface area contributed by atoms with Crippen LogP contribution in [0.5, 0.6) is 0 Å². The maximum absolute atomic E-state index is 11.7. The van der Waals surface area contributed by atoms with E-state index < -0.39 is 11.5 Å². The second-order valence-electron chi connectivity index (χ2n) is 7.72. The van der Waals surface area contributed by atoms with E-state index in [0.717, 1.165) is 31.8 Å². The smallest absolute Gasteiger partial charge is 0.325 e. The van der Waals surface area contributed by atoms with Gasteiger partial charge in [0.2, 0.25) is 0 Å². The summed E-state index contributed by atoms with van der Waals surface area (Å²) in [6.45, 7) is 9.66. The molecule has 2 fully saturated rings. The van der Waals surface area contributed by atoms with Crippen LogP contribution < -0.4 is 5.32 Å². The lowest BCUT2D eigenvalue weighted by Gasteiger charge is -2.42. The van der Waals surface area contributed by atoms with Crippen molar-refractivity contribution in [1.82, 2.24) is 10.2 Å². The quantitative estimate of drug-likeness (QED) is 0.811. The van der Waals surface area contributed by atoms with Gasteiger partial charge < -0.3 is 15.3 Å². The molecule has 116 valence electrons. The highest BCUT2D eigenvalue weighted by Gasteiger charge is 2.51. The molecule has 4 nitrogen and oxygen atoms in total. The number of aliphatic carboxylic acids is 1. The Balaban J connectivity index is 1.95. The topological polar surface area (TPSA) is 52.6 Å². The minimum Gasteiger partial charge on any atom is -0.480 e. The van der Waals surface area contributed by atoms with Crippen molar-refractivity contribution in [1.29, 1.82) is 0 Å². The predicted molar refractivity (Wildman–Crippen MR) is 80.8 cm³/mol. The van der Waals surface area contributed by atoms with Gasteiger partial charge in [0.25, 0.3) is 0 Å². The summed E-state index contributed by atoms with van der Waals surface area (Å²) < 4.78 is 0. The summed E-state index contributed by atoms with van der Waals surface area (Å²) in [7, 11) is 1.80. The zero-order chi connectivity index (χ0) is 15.0. The molecule has 1 heterocycles. The number of rotatable bonds is 5. The van der Waals surface area contributed by atoms with Crippen molar-refractivity contribution in [3.05, 3.63) is 0 Å². The summed E-state index contributed by atoms with van der Waals surface area (Å²) in [5.74, 6) is 0.388. The lowest BCUT2D eigenvalue weighted by atomic mass is 9.75. The van der Waals surface area contributed by atoms with Crippen molar-refractivity contribution in [2.75, 3.05) is 26.7 Å². The summed E-state index contributed by atoms with van der Waals surface area (Å²) in [4.78, 5) is 14.1. The van der Waals surface area contributed by atoms with Gasteiger partial charge in [-0.3, -0.25) is 4.79 Å². The van der Waals surface area contributed by atoms with Crippen molar-refractivity contribution in [2.24, 2.45) is 17.3 Å². The highest BCUT2D eigenvalue weighted by Crippen LogP contribution is 2.41.